The van der Waals surface area contributed by atoms with Crippen molar-refractivity contribution in [3.05, 3.63) is 53.3 Å². The second kappa shape index (κ2) is 6.78. The number of esters is 1. The summed E-state index contributed by atoms with van der Waals surface area (Å²) in [7, 11) is 1.29. The zero-order valence-electron chi connectivity index (χ0n) is 11.4. The van der Waals surface area contributed by atoms with Gasteiger partial charge in [-0.2, -0.15) is 13.2 Å². The lowest BCUT2D eigenvalue weighted by Gasteiger charge is -2.07. The Morgan fingerprint density at radius 3 is 2.50 bits per heavy atom. The molecule has 0 fully saturated rings. The molecule has 0 radical (unpaired) electrons. The lowest BCUT2D eigenvalue weighted by atomic mass is 10.1. The van der Waals surface area contributed by atoms with Crippen LogP contribution in [0.5, 0.6) is 0 Å². The van der Waals surface area contributed by atoms with Gasteiger partial charge >= 0.3 is 12.1 Å². The zero-order valence-corrected chi connectivity index (χ0v) is 12.2. The van der Waals surface area contributed by atoms with Crippen LogP contribution in [0.4, 0.5) is 13.2 Å². The van der Waals surface area contributed by atoms with Crippen molar-refractivity contribution in [1.29, 1.82) is 0 Å². The molecule has 1 heterocycles. The predicted octanol–water partition coefficient (Wildman–Crippen LogP) is 3.57. The standard InChI is InChI=1S/C14H11F3N2O2S/c1-21-12(20)10-4-2-9(3-5-10)8-22-13-18-7-6-11(19-13)14(15,16)17/h2-7H,8H2,1H3. The summed E-state index contributed by atoms with van der Waals surface area (Å²) in [6, 6.07) is 7.42. The number of hydrogen-bond donors (Lipinski definition) is 0. The highest BCUT2D eigenvalue weighted by molar-refractivity contribution is 7.98. The Balaban J connectivity index is 2.03. The van der Waals surface area contributed by atoms with Gasteiger partial charge in [0.2, 0.25) is 0 Å². The van der Waals surface area contributed by atoms with Crippen molar-refractivity contribution in [1.82, 2.24) is 9.97 Å². The van der Waals surface area contributed by atoms with Gasteiger partial charge in [-0.3, -0.25) is 0 Å². The van der Waals surface area contributed by atoms with Crippen LogP contribution in [0.25, 0.3) is 0 Å². The number of thioether (sulfide) groups is 1. The molecule has 0 aliphatic rings. The minimum absolute atomic E-state index is 0.0480. The average Bonchev–Trinajstić information content (AvgIpc) is 2.52. The van der Waals surface area contributed by atoms with Crippen molar-refractivity contribution in [2.45, 2.75) is 17.1 Å². The number of methoxy groups -OCH3 is 1. The molecular weight excluding hydrogens is 317 g/mol. The number of aromatic nitrogens is 2. The molecule has 1 aromatic carbocycles. The zero-order chi connectivity index (χ0) is 16.2. The minimum Gasteiger partial charge on any atom is -0.465 e. The Morgan fingerprint density at radius 2 is 1.91 bits per heavy atom. The molecule has 0 unspecified atom stereocenters. The van der Waals surface area contributed by atoms with E-state index in [4.69, 9.17) is 0 Å². The van der Waals surface area contributed by atoms with Gasteiger partial charge in [-0.1, -0.05) is 23.9 Å². The summed E-state index contributed by atoms with van der Waals surface area (Å²) in [5.41, 5.74) is 0.274. The van der Waals surface area contributed by atoms with E-state index in [0.29, 0.717) is 11.3 Å². The van der Waals surface area contributed by atoms with E-state index in [-0.39, 0.29) is 5.16 Å². The number of alkyl halides is 3. The summed E-state index contributed by atoms with van der Waals surface area (Å²) < 4.78 is 42.2. The second-order valence-corrected chi connectivity index (χ2v) is 5.14. The van der Waals surface area contributed by atoms with E-state index in [0.717, 1.165) is 29.6 Å². The maximum Gasteiger partial charge on any atom is 0.433 e. The summed E-state index contributed by atoms with van der Waals surface area (Å²) in [4.78, 5) is 18.6. The topological polar surface area (TPSA) is 52.1 Å². The summed E-state index contributed by atoms with van der Waals surface area (Å²) in [6.45, 7) is 0. The Labute approximate surface area is 128 Å². The predicted molar refractivity (Wildman–Crippen MR) is 74.4 cm³/mol. The molecule has 0 spiro atoms. The number of benzene rings is 1. The maximum absolute atomic E-state index is 12.5. The van der Waals surface area contributed by atoms with Crippen molar-refractivity contribution < 1.29 is 22.7 Å². The SMILES string of the molecule is COC(=O)c1ccc(CSc2nccc(C(F)(F)F)n2)cc1. The fourth-order valence-corrected chi connectivity index (χ4v) is 2.36. The molecule has 0 aliphatic heterocycles. The maximum atomic E-state index is 12.5. The van der Waals surface area contributed by atoms with Crippen LogP contribution in [0.15, 0.2) is 41.7 Å². The van der Waals surface area contributed by atoms with Crippen molar-refractivity contribution >= 4 is 17.7 Å². The fraction of sp³-hybridized carbons (Fsp3) is 0.214. The molecular formula is C14H11F3N2O2S. The van der Waals surface area contributed by atoms with E-state index in [1.54, 1.807) is 24.3 Å². The van der Waals surface area contributed by atoms with Crippen LogP contribution >= 0.6 is 11.8 Å². The van der Waals surface area contributed by atoms with Crippen LogP contribution in [0.1, 0.15) is 21.6 Å². The Kier molecular flexibility index (Phi) is 5.02. The van der Waals surface area contributed by atoms with Gasteiger partial charge in [0.25, 0.3) is 0 Å². The molecule has 0 N–H and O–H groups in total. The number of hydrogen-bond acceptors (Lipinski definition) is 5. The lowest BCUT2D eigenvalue weighted by molar-refractivity contribution is -0.141. The molecule has 1 aromatic heterocycles. The molecule has 0 atom stereocenters. The van der Waals surface area contributed by atoms with Crippen LogP contribution in [0, 0.1) is 0 Å². The molecule has 22 heavy (non-hydrogen) atoms. The second-order valence-electron chi connectivity index (χ2n) is 4.20. The van der Waals surface area contributed by atoms with E-state index in [1.807, 2.05) is 0 Å². The lowest BCUT2D eigenvalue weighted by Crippen LogP contribution is -2.08. The molecule has 0 saturated carbocycles. The minimum atomic E-state index is -4.49. The van der Waals surface area contributed by atoms with E-state index >= 15 is 0 Å². The number of rotatable bonds is 4. The third kappa shape index (κ3) is 4.20. The Bertz CT molecular complexity index is 660. The van der Waals surface area contributed by atoms with Gasteiger partial charge in [-0.25, -0.2) is 14.8 Å². The monoisotopic (exact) mass is 328 g/mol. The number of ether oxygens (including phenoxy) is 1. The van der Waals surface area contributed by atoms with E-state index in [2.05, 4.69) is 14.7 Å². The van der Waals surface area contributed by atoms with Crippen LogP contribution in [0.2, 0.25) is 0 Å². The van der Waals surface area contributed by atoms with Gasteiger partial charge in [0.1, 0.15) is 5.69 Å². The smallest absolute Gasteiger partial charge is 0.433 e. The van der Waals surface area contributed by atoms with Gasteiger partial charge < -0.3 is 4.74 Å². The van der Waals surface area contributed by atoms with Crippen molar-refractivity contribution in [2.24, 2.45) is 0 Å². The van der Waals surface area contributed by atoms with Crippen LogP contribution in [-0.2, 0) is 16.7 Å². The van der Waals surface area contributed by atoms with E-state index < -0.39 is 17.8 Å². The van der Waals surface area contributed by atoms with Gasteiger partial charge in [-0.15, -0.1) is 0 Å². The van der Waals surface area contributed by atoms with Crippen LogP contribution in [0.3, 0.4) is 0 Å². The molecule has 2 rings (SSSR count). The molecule has 0 amide bonds. The molecule has 0 aliphatic carbocycles. The Morgan fingerprint density at radius 1 is 1.23 bits per heavy atom. The highest BCUT2D eigenvalue weighted by Crippen LogP contribution is 2.29. The average molecular weight is 328 g/mol. The molecule has 116 valence electrons. The normalized spacial score (nSPS) is 11.3. The van der Waals surface area contributed by atoms with Gasteiger partial charge in [0, 0.05) is 11.9 Å². The van der Waals surface area contributed by atoms with Gasteiger partial charge in [0.15, 0.2) is 5.16 Å². The van der Waals surface area contributed by atoms with E-state index in [1.165, 1.54) is 7.11 Å². The molecule has 4 nitrogen and oxygen atoms in total. The highest BCUT2D eigenvalue weighted by Gasteiger charge is 2.32. The Hall–Kier alpha value is -2.09. The van der Waals surface area contributed by atoms with Crippen LogP contribution < -0.4 is 0 Å². The summed E-state index contributed by atoms with van der Waals surface area (Å²) in [6.07, 6.45) is -3.40. The quantitative estimate of drug-likeness (QED) is 0.488. The molecule has 8 heteroatoms. The third-order valence-corrected chi connectivity index (χ3v) is 3.60. The third-order valence-electron chi connectivity index (χ3n) is 2.67. The number of halogens is 3. The summed E-state index contributed by atoms with van der Waals surface area (Å²) in [5.74, 6) is -0.0524. The highest BCUT2D eigenvalue weighted by atomic mass is 32.2. The first kappa shape index (κ1) is 16.3. The molecule has 0 saturated heterocycles. The fourth-order valence-electron chi connectivity index (χ4n) is 1.57. The van der Waals surface area contributed by atoms with Gasteiger partial charge in [-0.05, 0) is 23.8 Å². The van der Waals surface area contributed by atoms with E-state index in [9.17, 15) is 18.0 Å². The van der Waals surface area contributed by atoms with Crippen molar-refractivity contribution in [3.63, 3.8) is 0 Å². The van der Waals surface area contributed by atoms with Crippen molar-refractivity contribution in [3.8, 4) is 0 Å². The van der Waals surface area contributed by atoms with Crippen LogP contribution in [-0.4, -0.2) is 23.0 Å². The number of carbonyl (C=O) groups is 1. The molecule has 2 aromatic rings. The first-order valence-corrected chi connectivity index (χ1v) is 7.09. The first-order chi connectivity index (χ1) is 10.4. The largest absolute Gasteiger partial charge is 0.465 e. The number of carbonyl (C=O) groups excluding carboxylic acids is 1. The summed E-state index contributed by atoms with van der Waals surface area (Å²) in [5, 5.41) is 0.0480. The molecule has 0 bridgehead atoms. The van der Waals surface area contributed by atoms with Gasteiger partial charge in [0.05, 0.1) is 12.7 Å². The first-order valence-electron chi connectivity index (χ1n) is 6.10. The van der Waals surface area contributed by atoms with Crippen molar-refractivity contribution in [2.75, 3.05) is 7.11 Å². The number of nitrogens with zero attached hydrogens (tertiary/aromatic N) is 2. The summed E-state index contributed by atoms with van der Waals surface area (Å²) >= 11 is 1.09.